The number of carbonyl (C=O) groups is 2. The normalized spacial score (nSPS) is 14.6. The molecule has 1 atom stereocenters. The van der Waals surface area contributed by atoms with Gasteiger partial charge in [-0.3, -0.25) is 15.0 Å². The van der Waals surface area contributed by atoms with E-state index in [-0.39, 0.29) is 12.0 Å². The number of morpholine rings is 1. The number of hydrogen-bond acceptors (Lipinski definition) is 7. The van der Waals surface area contributed by atoms with Gasteiger partial charge in [-0.2, -0.15) is 0 Å². The lowest BCUT2D eigenvalue weighted by molar-refractivity contribution is 0.0148. The van der Waals surface area contributed by atoms with Gasteiger partial charge in [-0.25, -0.2) is 4.79 Å². The average molecular weight is 574 g/mol. The number of amides is 2. The van der Waals surface area contributed by atoms with Gasteiger partial charge in [-0.15, -0.1) is 0 Å². The van der Waals surface area contributed by atoms with Gasteiger partial charge < -0.3 is 29.8 Å². The van der Waals surface area contributed by atoms with Crippen LogP contribution in [0.5, 0.6) is 5.75 Å². The van der Waals surface area contributed by atoms with Crippen LogP contribution in [0.4, 0.5) is 16.3 Å². The molecule has 1 saturated heterocycles. The summed E-state index contributed by atoms with van der Waals surface area (Å²) in [6, 6.07) is 12.9. The zero-order chi connectivity index (χ0) is 30.2. The highest BCUT2D eigenvalue weighted by Gasteiger charge is 2.21. The van der Waals surface area contributed by atoms with Crippen LogP contribution in [0.3, 0.4) is 0 Å². The summed E-state index contributed by atoms with van der Waals surface area (Å²) in [5.74, 6) is 0.923. The van der Waals surface area contributed by atoms with Gasteiger partial charge in [0.2, 0.25) is 0 Å². The topological polar surface area (TPSA) is 122 Å². The van der Waals surface area contributed by atoms with Crippen LogP contribution < -0.4 is 15.8 Å². The quantitative estimate of drug-likeness (QED) is 0.293. The van der Waals surface area contributed by atoms with Crippen LogP contribution in [-0.2, 0) is 9.47 Å². The fraction of sp³-hybridized carbons (Fsp3) is 0.312. The lowest BCUT2D eigenvalue weighted by atomic mass is 9.96. The number of carbonyl (C=O) groups excluding carboxylic acids is 2. The first-order valence-electron chi connectivity index (χ1n) is 13.8. The molecule has 10 nitrogen and oxygen atoms in total. The third kappa shape index (κ3) is 7.20. The van der Waals surface area contributed by atoms with Crippen molar-refractivity contribution >= 4 is 35.2 Å². The number of nitrogens with one attached hydrogen (secondary N) is 2. The molecule has 4 N–H and O–H groups in total. The predicted octanol–water partition coefficient (Wildman–Crippen LogP) is 4.97. The average Bonchev–Trinajstić information content (AvgIpc) is 3.35. The lowest BCUT2D eigenvalue weighted by Crippen LogP contribution is -2.41. The van der Waals surface area contributed by atoms with Gasteiger partial charge in [-0.1, -0.05) is 36.9 Å². The van der Waals surface area contributed by atoms with E-state index < -0.39 is 6.09 Å². The molecule has 42 heavy (non-hydrogen) atoms. The van der Waals surface area contributed by atoms with E-state index in [4.69, 9.17) is 19.9 Å². The van der Waals surface area contributed by atoms with Gasteiger partial charge in [0, 0.05) is 56.6 Å². The summed E-state index contributed by atoms with van der Waals surface area (Å²) < 4.78 is 16.5. The minimum Gasteiger partial charge on any atom is -0.496 e. The lowest BCUT2D eigenvalue weighted by Gasteiger charge is -2.28. The Balaban J connectivity index is 1.62. The molecule has 2 amide bonds. The number of allylic oxidation sites excluding steroid dienone is 2. The summed E-state index contributed by atoms with van der Waals surface area (Å²) >= 11 is 0. The highest BCUT2D eigenvalue weighted by Crippen LogP contribution is 2.37. The van der Waals surface area contributed by atoms with Crippen LogP contribution in [0.1, 0.15) is 28.4 Å². The molecule has 1 unspecified atom stereocenters. The number of methoxy groups -OCH3 is 1. The smallest absolute Gasteiger partial charge is 0.411 e. The maximum absolute atomic E-state index is 13.2. The Kier molecular flexibility index (Phi) is 10.1. The van der Waals surface area contributed by atoms with Crippen molar-refractivity contribution in [1.82, 2.24) is 14.8 Å². The third-order valence-corrected chi connectivity index (χ3v) is 7.02. The molecule has 0 saturated carbocycles. The van der Waals surface area contributed by atoms with E-state index in [0.717, 1.165) is 40.9 Å². The maximum atomic E-state index is 13.2. The van der Waals surface area contributed by atoms with E-state index in [0.29, 0.717) is 42.6 Å². The van der Waals surface area contributed by atoms with Gasteiger partial charge in [0.1, 0.15) is 17.7 Å². The molecular formula is C32H39N5O5. The molecule has 1 aliphatic rings. The number of benzene rings is 2. The first-order chi connectivity index (χ1) is 20.2. The first kappa shape index (κ1) is 30.4. The van der Waals surface area contributed by atoms with Crippen LogP contribution in [-0.4, -0.2) is 86.9 Å². The zero-order valence-electron chi connectivity index (χ0n) is 24.6. The highest BCUT2D eigenvalue weighted by molar-refractivity contribution is 6.04. The number of H-pyrrole nitrogens is 1. The largest absolute Gasteiger partial charge is 0.496 e. The number of para-hydroxylation sites is 1. The number of ether oxygens (including phenoxy) is 3. The number of aromatic nitrogens is 1. The molecule has 0 aliphatic carbocycles. The molecule has 10 heteroatoms. The summed E-state index contributed by atoms with van der Waals surface area (Å²) in [7, 11) is 4.94. The maximum Gasteiger partial charge on any atom is 0.411 e. The standard InChI is InChI=1S/C32H39N5O5/c1-6-22(17-25-27(19-34-30(25)33)24-9-7-8-10-29(24)40-5)23-11-12-28(26(18-23)31(38)36(3)4)35-32(39)42-21(2)20-37-13-15-41-16-14-37/h6-12,17-19,21,34H,1,13-16,20,33H2,2-5H3,(H,35,39)/b22-17+. The van der Waals surface area contributed by atoms with Crippen LogP contribution in [0, 0.1) is 0 Å². The van der Waals surface area contributed by atoms with Crippen molar-refractivity contribution < 1.29 is 23.8 Å². The van der Waals surface area contributed by atoms with Crippen molar-refractivity contribution in [3.05, 3.63) is 78.0 Å². The van der Waals surface area contributed by atoms with Crippen molar-refractivity contribution in [2.75, 3.05) is 65.1 Å². The predicted molar refractivity (Wildman–Crippen MR) is 167 cm³/mol. The van der Waals surface area contributed by atoms with E-state index in [1.165, 1.54) is 4.90 Å². The molecular weight excluding hydrogens is 534 g/mol. The molecule has 0 radical (unpaired) electrons. The second-order valence-electron chi connectivity index (χ2n) is 10.2. The number of nitrogen functional groups attached to an aromatic ring is 1. The number of nitrogens with zero attached hydrogens (tertiary/aromatic N) is 2. The van der Waals surface area contributed by atoms with E-state index in [9.17, 15) is 9.59 Å². The van der Waals surface area contributed by atoms with Crippen LogP contribution in [0.2, 0.25) is 0 Å². The first-order valence-corrected chi connectivity index (χ1v) is 13.8. The Labute approximate surface area is 246 Å². The summed E-state index contributed by atoms with van der Waals surface area (Å²) in [6.07, 6.45) is 4.48. The van der Waals surface area contributed by atoms with Crippen molar-refractivity contribution in [2.24, 2.45) is 0 Å². The number of anilines is 2. The monoisotopic (exact) mass is 573 g/mol. The van der Waals surface area contributed by atoms with Crippen molar-refractivity contribution in [3.63, 3.8) is 0 Å². The van der Waals surface area contributed by atoms with Gasteiger partial charge in [0.15, 0.2) is 0 Å². The Bertz CT molecular complexity index is 1460. The van der Waals surface area contributed by atoms with Crippen molar-refractivity contribution in [1.29, 1.82) is 0 Å². The molecule has 2 aromatic carbocycles. The second-order valence-corrected chi connectivity index (χ2v) is 10.2. The number of nitrogens with two attached hydrogens (primary N) is 1. The van der Waals surface area contributed by atoms with Crippen LogP contribution in [0.25, 0.3) is 22.8 Å². The van der Waals surface area contributed by atoms with Crippen LogP contribution in [0.15, 0.2) is 61.3 Å². The van der Waals surface area contributed by atoms with E-state index in [1.807, 2.05) is 49.5 Å². The highest BCUT2D eigenvalue weighted by atomic mass is 16.6. The van der Waals surface area contributed by atoms with Crippen LogP contribution >= 0.6 is 0 Å². The summed E-state index contributed by atoms with van der Waals surface area (Å²) in [4.78, 5) is 32.8. The third-order valence-electron chi connectivity index (χ3n) is 7.02. The fourth-order valence-corrected chi connectivity index (χ4v) is 4.87. The molecule has 222 valence electrons. The van der Waals surface area contributed by atoms with Gasteiger partial charge in [0.25, 0.3) is 5.91 Å². The van der Waals surface area contributed by atoms with Crippen molar-refractivity contribution in [3.8, 4) is 16.9 Å². The summed E-state index contributed by atoms with van der Waals surface area (Å²) in [5, 5.41) is 2.76. The Morgan fingerprint density at radius 2 is 1.93 bits per heavy atom. The van der Waals surface area contributed by atoms with Gasteiger partial charge in [-0.05, 0) is 42.3 Å². The molecule has 2 heterocycles. The van der Waals surface area contributed by atoms with Crippen molar-refractivity contribution in [2.45, 2.75) is 13.0 Å². The van der Waals surface area contributed by atoms with E-state index in [1.54, 1.807) is 39.4 Å². The summed E-state index contributed by atoms with van der Waals surface area (Å²) in [5.41, 5.74) is 11.0. The zero-order valence-corrected chi connectivity index (χ0v) is 24.6. The number of rotatable bonds is 10. The van der Waals surface area contributed by atoms with Gasteiger partial charge in [0.05, 0.1) is 31.6 Å². The molecule has 0 bridgehead atoms. The minimum atomic E-state index is -0.627. The molecule has 1 aliphatic heterocycles. The fourth-order valence-electron chi connectivity index (χ4n) is 4.87. The number of aromatic amines is 1. The molecule has 1 fully saturated rings. The molecule has 3 aromatic rings. The Hall–Kier alpha value is -4.54. The summed E-state index contributed by atoms with van der Waals surface area (Å²) in [6.45, 7) is 9.38. The second kappa shape index (κ2) is 13.9. The molecule has 4 rings (SSSR count). The van der Waals surface area contributed by atoms with Gasteiger partial charge >= 0.3 is 6.09 Å². The molecule has 0 spiro atoms. The van der Waals surface area contributed by atoms with E-state index in [2.05, 4.69) is 21.8 Å². The molecule has 1 aromatic heterocycles. The van der Waals surface area contributed by atoms with E-state index >= 15 is 0 Å². The SMILES string of the molecule is C=C/C(=C\c1c(-c2ccccc2OC)c[nH]c1N)c1ccc(NC(=O)OC(C)CN2CCOCC2)c(C(=O)N(C)C)c1. The Morgan fingerprint density at radius 1 is 1.19 bits per heavy atom. The Morgan fingerprint density at radius 3 is 2.62 bits per heavy atom. The number of hydrogen-bond donors (Lipinski definition) is 3. The minimum absolute atomic E-state index is 0.271.